The maximum absolute atomic E-state index is 4.55. The maximum Gasteiger partial charge on any atom is 0.0803 e. The average Bonchev–Trinajstić information content (AvgIpc) is 3.04. The molecule has 4 aromatic rings. The van der Waals surface area contributed by atoms with E-state index in [2.05, 4.69) is 82.0 Å². The summed E-state index contributed by atoms with van der Waals surface area (Å²) >= 11 is 0. The molecule has 2 aromatic heterocycles. The maximum atomic E-state index is 4.55. The first kappa shape index (κ1) is 18.6. The predicted octanol–water partition coefficient (Wildman–Crippen LogP) is 5.38. The molecule has 0 atom stereocenters. The molecule has 4 heteroatoms. The van der Waals surface area contributed by atoms with Gasteiger partial charge in [-0.3, -0.25) is 4.98 Å². The van der Waals surface area contributed by atoms with E-state index in [1.54, 1.807) is 0 Å². The van der Waals surface area contributed by atoms with Crippen molar-refractivity contribution in [3.8, 4) is 0 Å². The standard InChI is InChI=1S/C24H23N3.ClH/c1-18-13-22-14-25-15-23(24(22)27(18)16-19-7-3-2-4-8-19)26-12-11-20-9-5-6-10-21(20)17-26;/h2-10,13-15H,11-12,16-17H2,1H3;1H. The largest absolute Gasteiger partial charge is 0.364 e. The number of nitrogens with zero attached hydrogens (tertiary/aromatic N) is 3. The number of halogens is 1. The zero-order valence-electron chi connectivity index (χ0n) is 16.0. The smallest absolute Gasteiger partial charge is 0.0803 e. The van der Waals surface area contributed by atoms with Gasteiger partial charge < -0.3 is 9.47 Å². The van der Waals surface area contributed by atoms with Gasteiger partial charge in [-0.25, -0.2) is 0 Å². The summed E-state index contributed by atoms with van der Waals surface area (Å²) < 4.78 is 2.43. The zero-order chi connectivity index (χ0) is 18.2. The van der Waals surface area contributed by atoms with E-state index < -0.39 is 0 Å². The van der Waals surface area contributed by atoms with Gasteiger partial charge in [-0.2, -0.15) is 0 Å². The highest BCUT2D eigenvalue weighted by atomic mass is 35.5. The lowest BCUT2D eigenvalue weighted by molar-refractivity contribution is 0.726. The minimum absolute atomic E-state index is 0. The van der Waals surface area contributed by atoms with E-state index in [0.717, 1.165) is 26.1 Å². The molecular formula is C24H24ClN3. The molecular weight excluding hydrogens is 366 g/mol. The topological polar surface area (TPSA) is 21.1 Å². The van der Waals surface area contributed by atoms with Crippen LogP contribution in [-0.4, -0.2) is 16.1 Å². The van der Waals surface area contributed by atoms with Gasteiger partial charge in [-0.15, -0.1) is 12.4 Å². The van der Waals surface area contributed by atoms with Crippen molar-refractivity contribution in [1.29, 1.82) is 0 Å². The molecule has 0 fully saturated rings. The van der Waals surface area contributed by atoms with E-state index in [4.69, 9.17) is 0 Å². The fraction of sp³-hybridized carbons (Fsp3) is 0.208. The van der Waals surface area contributed by atoms with Gasteiger partial charge in [0.25, 0.3) is 0 Å². The number of hydrogen-bond acceptors (Lipinski definition) is 2. The van der Waals surface area contributed by atoms with Crippen LogP contribution in [0.1, 0.15) is 22.4 Å². The van der Waals surface area contributed by atoms with Crippen LogP contribution in [0.4, 0.5) is 5.69 Å². The molecule has 28 heavy (non-hydrogen) atoms. The first-order chi connectivity index (χ1) is 13.3. The van der Waals surface area contributed by atoms with Crippen molar-refractivity contribution in [3.05, 3.63) is 95.4 Å². The summed E-state index contributed by atoms with van der Waals surface area (Å²) in [7, 11) is 0. The summed E-state index contributed by atoms with van der Waals surface area (Å²) in [6.07, 6.45) is 5.12. The van der Waals surface area contributed by atoms with E-state index in [-0.39, 0.29) is 12.4 Å². The monoisotopic (exact) mass is 389 g/mol. The second kappa shape index (κ2) is 7.69. The van der Waals surface area contributed by atoms with Crippen LogP contribution in [0.15, 0.2) is 73.1 Å². The highest BCUT2D eigenvalue weighted by Crippen LogP contribution is 2.32. The molecule has 3 heterocycles. The number of aryl methyl sites for hydroxylation is 1. The number of fused-ring (bicyclic) bond motifs is 2. The highest BCUT2D eigenvalue weighted by molar-refractivity contribution is 5.92. The molecule has 1 aliphatic heterocycles. The molecule has 0 radical (unpaired) electrons. The third kappa shape index (κ3) is 3.27. The van der Waals surface area contributed by atoms with Crippen molar-refractivity contribution in [2.24, 2.45) is 0 Å². The normalized spacial score (nSPS) is 13.2. The average molecular weight is 390 g/mol. The van der Waals surface area contributed by atoms with Gasteiger partial charge in [0.05, 0.1) is 17.4 Å². The highest BCUT2D eigenvalue weighted by Gasteiger charge is 2.20. The van der Waals surface area contributed by atoms with Crippen molar-refractivity contribution in [1.82, 2.24) is 9.55 Å². The van der Waals surface area contributed by atoms with Crippen molar-refractivity contribution < 1.29 is 0 Å². The quantitative estimate of drug-likeness (QED) is 0.469. The van der Waals surface area contributed by atoms with Gasteiger partial charge in [-0.05, 0) is 36.1 Å². The molecule has 1 aliphatic rings. The molecule has 0 spiro atoms. The van der Waals surface area contributed by atoms with Gasteiger partial charge in [-0.1, -0.05) is 54.6 Å². The summed E-state index contributed by atoms with van der Waals surface area (Å²) in [5, 5.41) is 1.22. The van der Waals surface area contributed by atoms with Crippen LogP contribution >= 0.6 is 12.4 Å². The first-order valence-electron chi connectivity index (χ1n) is 9.59. The zero-order valence-corrected chi connectivity index (χ0v) is 16.8. The van der Waals surface area contributed by atoms with Crippen LogP contribution in [0.2, 0.25) is 0 Å². The number of rotatable bonds is 3. The Morgan fingerprint density at radius 2 is 1.68 bits per heavy atom. The van der Waals surface area contributed by atoms with Gasteiger partial charge in [0.2, 0.25) is 0 Å². The molecule has 0 saturated heterocycles. The van der Waals surface area contributed by atoms with Crippen molar-refractivity contribution >= 4 is 29.0 Å². The first-order valence-corrected chi connectivity index (χ1v) is 9.59. The number of aromatic nitrogens is 2. The summed E-state index contributed by atoms with van der Waals surface area (Å²) in [6.45, 7) is 5.07. The fourth-order valence-corrected chi connectivity index (χ4v) is 4.24. The van der Waals surface area contributed by atoms with Crippen LogP contribution < -0.4 is 4.90 Å². The van der Waals surface area contributed by atoms with Crippen LogP contribution in [-0.2, 0) is 19.5 Å². The van der Waals surface area contributed by atoms with Crippen molar-refractivity contribution in [3.63, 3.8) is 0 Å². The van der Waals surface area contributed by atoms with Gasteiger partial charge in [0.15, 0.2) is 0 Å². The Labute approximate surface area is 172 Å². The SMILES string of the molecule is Cc1cc2cncc(N3CCc4ccccc4C3)c2n1Cc1ccccc1.Cl. The van der Waals surface area contributed by atoms with Crippen molar-refractivity contribution in [2.75, 3.05) is 11.4 Å². The second-order valence-corrected chi connectivity index (χ2v) is 7.39. The molecule has 0 unspecified atom stereocenters. The Hall–Kier alpha value is -2.78. The molecule has 142 valence electrons. The minimum Gasteiger partial charge on any atom is -0.364 e. The number of benzene rings is 2. The van der Waals surface area contributed by atoms with Crippen LogP contribution in [0.25, 0.3) is 10.9 Å². The lowest BCUT2D eigenvalue weighted by atomic mass is 9.99. The summed E-state index contributed by atoms with van der Waals surface area (Å²) in [4.78, 5) is 7.04. The molecule has 0 N–H and O–H groups in total. The third-order valence-electron chi connectivity index (χ3n) is 5.64. The lowest BCUT2D eigenvalue weighted by Gasteiger charge is -2.31. The predicted molar refractivity (Wildman–Crippen MR) is 118 cm³/mol. The van der Waals surface area contributed by atoms with E-state index >= 15 is 0 Å². The lowest BCUT2D eigenvalue weighted by Crippen LogP contribution is -2.30. The van der Waals surface area contributed by atoms with E-state index in [1.807, 2.05) is 12.4 Å². The van der Waals surface area contributed by atoms with Crippen LogP contribution in [0.5, 0.6) is 0 Å². The van der Waals surface area contributed by atoms with E-state index in [9.17, 15) is 0 Å². The van der Waals surface area contributed by atoms with Gasteiger partial charge in [0.1, 0.15) is 0 Å². The third-order valence-corrected chi connectivity index (χ3v) is 5.64. The summed E-state index contributed by atoms with van der Waals surface area (Å²) in [5.74, 6) is 0. The number of pyridine rings is 1. The molecule has 0 saturated carbocycles. The molecule has 0 aliphatic carbocycles. The molecule has 0 bridgehead atoms. The minimum atomic E-state index is 0. The fourth-order valence-electron chi connectivity index (χ4n) is 4.24. The van der Waals surface area contributed by atoms with Gasteiger partial charge in [0, 0.05) is 36.9 Å². The summed E-state index contributed by atoms with van der Waals surface area (Å²) in [5.41, 5.74) is 8.05. The Morgan fingerprint density at radius 3 is 2.50 bits per heavy atom. The molecule has 3 nitrogen and oxygen atoms in total. The van der Waals surface area contributed by atoms with Crippen molar-refractivity contribution in [2.45, 2.75) is 26.4 Å². The van der Waals surface area contributed by atoms with Crippen LogP contribution in [0.3, 0.4) is 0 Å². The molecule has 5 rings (SSSR count). The Kier molecular flexibility index (Phi) is 5.10. The van der Waals surface area contributed by atoms with Gasteiger partial charge >= 0.3 is 0 Å². The van der Waals surface area contributed by atoms with E-state index in [0.29, 0.717) is 0 Å². The number of anilines is 1. The van der Waals surface area contributed by atoms with Crippen LogP contribution in [0, 0.1) is 6.92 Å². The van der Waals surface area contributed by atoms with E-state index in [1.165, 1.54) is 39.0 Å². The molecule has 0 amide bonds. The summed E-state index contributed by atoms with van der Waals surface area (Å²) in [6, 6.07) is 21.7. The Balaban J connectivity index is 0.00000192. The Morgan fingerprint density at radius 1 is 0.929 bits per heavy atom. The molecule has 2 aromatic carbocycles. The number of hydrogen-bond donors (Lipinski definition) is 0. The Bertz CT molecular complexity index is 1100. The second-order valence-electron chi connectivity index (χ2n) is 7.39.